The molecule has 2 rings (SSSR count). The fourth-order valence-electron chi connectivity index (χ4n) is 1.74. The SMILES string of the molecule is C[C@H](O)C[C@@H]1CC(c2ccccc2)=NO1. The quantitative estimate of drug-likeness (QED) is 0.819. The van der Waals surface area contributed by atoms with E-state index in [2.05, 4.69) is 5.16 Å². The third kappa shape index (κ3) is 2.57. The van der Waals surface area contributed by atoms with Crippen LogP contribution in [-0.2, 0) is 4.84 Å². The number of aliphatic hydroxyl groups is 1. The lowest BCUT2D eigenvalue weighted by Gasteiger charge is -2.09. The highest BCUT2D eigenvalue weighted by Crippen LogP contribution is 2.19. The number of hydrogen-bond donors (Lipinski definition) is 1. The third-order valence-electron chi connectivity index (χ3n) is 2.44. The zero-order valence-corrected chi connectivity index (χ0v) is 8.76. The van der Waals surface area contributed by atoms with Crippen molar-refractivity contribution in [2.75, 3.05) is 0 Å². The molecule has 0 bridgehead atoms. The largest absolute Gasteiger partial charge is 0.393 e. The number of rotatable bonds is 3. The number of aliphatic hydroxyl groups excluding tert-OH is 1. The van der Waals surface area contributed by atoms with Crippen LogP contribution in [0.3, 0.4) is 0 Å². The number of oxime groups is 1. The highest BCUT2D eigenvalue weighted by molar-refractivity contribution is 6.01. The van der Waals surface area contributed by atoms with Crippen LogP contribution in [-0.4, -0.2) is 23.0 Å². The molecule has 0 aromatic heterocycles. The molecular formula is C12H15NO2. The molecule has 0 radical (unpaired) electrons. The van der Waals surface area contributed by atoms with E-state index in [4.69, 9.17) is 4.84 Å². The molecule has 1 aliphatic heterocycles. The van der Waals surface area contributed by atoms with Crippen LogP contribution in [0.2, 0.25) is 0 Å². The number of nitrogens with zero attached hydrogens (tertiary/aromatic N) is 1. The Bertz CT molecular complexity index is 346. The summed E-state index contributed by atoms with van der Waals surface area (Å²) in [6, 6.07) is 9.99. The number of hydrogen-bond acceptors (Lipinski definition) is 3. The second-order valence-electron chi connectivity index (χ2n) is 3.92. The normalized spacial score (nSPS) is 22.0. The molecule has 1 aromatic carbocycles. The van der Waals surface area contributed by atoms with Gasteiger partial charge < -0.3 is 9.94 Å². The molecule has 0 aliphatic carbocycles. The Labute approximate surface area is 89.4 Å². The van der Waals surface area contributed by atoms with Crippen molar-refractivity contribution in [3.8, 4) is 0 Å². The van der Waals surface area contributed by atoms with E-state index in [1.807, 2.05) is 30.3 Å². The molecule has 80 valence electrons. The standard InChI is InChI=1S/C12H15NO2/c1-9(14)7-11-8-12(13-15-11)10-5-3-2-4-6-10/h2-6,9,11,14H,7-8H2,1H3/t9-,11+/m0/s1. The lowest BCUT2D eigenvalue weighted by molar-refractivity contribution is 0.0424. The van der Waals surface area contributed by atoms with Gasteiger partial charge in [-0.15, -0.1) is 0 Å². The van der Waals surface area contributed by atoms with Crippen molar-refractivity contribution >= 4 is 5.71 Å². The van der Waals surface area contributed by atoms with Crippen LogP contribution in [0.15, 0.2) is 35.5 Å². The van der Waals surface area contributed by atoms with Gasteiger partial charge in [-0.2, -0.15) is 0 Å². The number of benzene rings is 1. The fourth-order valence-corrected chi connectivity index (χ4v) is 1.74. The van der Waals surface area contributed by atoms with Crippen LogP contribution >= 0.6 is 0 Å². The molecule has 1 aromatic rings. The van der Waals surface area contributed by atoms with Gasteiger partial charge in [0.2, 0.25) is 0 Å². The third-order valence-corrected chi connectivity index (χ3v) is 2.44. The second kappa shape index (κ2) is 4.45. The van der Waals surface area contributed by atoms with E-state index in [-0.39, 0.29) is 12.2 Å². The van der Waals surface area contributed by atoms with E-state index in [0.717, 1.165) is 17.7 Å². The maximum absolute atomic E-state index is 9.24. The summed E-state index contributed by atoms with van der Waals surface area (Å²) in [5.41, 5.74) is 2.08. The smallest absolute Gasteiger partial charge is 0.135 e. The fraction of sp³-hybridized carbons (Fsp3) is 0.417. The van der Waals surface area contributed by atoms with Gasteiger partial charge in [-0.3, -0.25) is 0 Å². The van der Waals surface area contributed by atoms with Gasteiger partial charge in [-0.1, -0.05) is 35.5 Å². The Morgan fingerprint density at radius 3 is 2.87 bits per heavy atom. The van der Waals surface area contributed by atoms with E-state index in [9.17, 15) is 5.11 Å². The van der Waals surface area contributed by atoms with E-state index in [0.29, 0.717) is 6.42 Å². The van der Waals surface area contributed by atoms with E-state index in [1.165, 1.54) is 0 Å². The van der Waals surface area contributed by atoms with Crippen LogP contribution in [0.25, 0.3) is 0 Å². The minimum Gasteiger partial charge on any atom is -0.393 e. The van der Waals surface area contributed by atoms with Crippen molar-refractivity contribution in [3.05, 3.63) is 35.9 Å². The van der Waals surface area contributed by atoms with Gasteiger partial charge >= 0.3 is 0 Å². The molecule has 3 nitrogen and oxygen atoms in total. The molecule has 0 amide bonds. The minimum atomic E-state index is -0.333. The summed E-state index contributed by atoms with van der Waals surface area (Å²) < 4.78 is 0. The molecule has 3 heteroatoms. The van der Waals surface area contributed by atoms with Crippen molar-refractivity contribution in [1.82, 2.24) is 0 Å². The average molecular weight is 205 g/mol. The van der Waals surface area contributed by atoms with Gasteiger partial charge in [-0.05, 0) is 12.5 Å². The van der Waals surface area contributed by atoms with Gasteiger partial charge in [0.05, 0.1) is 11.8 Å². The Morgan fingerprint density at radius 2 is 2.20 bits per heavy atom. The summed E-state index contributed by atoms with van der Waals surface area (Å²) >= 11 is 0. The van der Waals surface area contributed by atoms with Crippen molar-refractivity contribution in [2.45, 2.75) is 32.0 Å². The molecule has 1 aliphatic rings. The molecule has 0 unspecified atom stereocenters. The predicted octanol–water partition coefficient (Wildman–Crippen LogP) is 1.95. The molecule has 0 saturated carbocycles. The zero-order valence-electron chi connectivity index (χ0n) is 8.76. The van der Waals surface area contributed by atoms with Crippen LogP contribution < -0.4 is 0 Å². The highest BCUT2D eigenvalue weighted by atomic mass is 16.6. The topological polar surface area (TPSA) is 41.8 Å². The molecule has 15 heavy (non-hydrogen) atoms. The first-order valence-electron chi connectivity index (χ1n) is 5.22. The molecule has 0 spiro atoms. The van der Waals surface area contributed by atoms with Crippen molar-refractivity contribution in [3.63, 3.8) is 0 Å². The van der Waals surface area contributed by atoms with Gasteiger partial charge in [0.1, 0.15) is 6.10 Å². The molecule has 0 saturated heterocycles. The van der Waals surface area contributed by atoms with Crippen LogP contribution in [0.1, 0.15) is 25.3 Å². The maximum atomic E-state index is 9.24. The molecule has 1 N–H and O–H groups in total. The van der Waals surface area contributed by atoms with Crippen LogP contribution in [0.4, 0.5) is 0 Å². The molecule has 0 fully saturated rings. The Kier molecular flexibility index (Phi) is 3.02. The Morgan fingerprint density at radius 1 is 1.47 bits per heavy atom. The van der Waals surface area contributed by atoms with E-state index in [1.54, 1.807) is 6.92 Å². The minimum absolute atomic E-state index is 0.0280. The monoisotopic (exact) mass is 205 g/mol. The lowest BCUT2D eigenvalue weighted by atomic mass is 10.0. The first-order valence-corrected chi connectivity index (χ1v) is 5.22. The maximum Gasteiger partial charge on any atom is 0.135 e. The summed E-state index contributed by atoms with van der Waals surface area (Å²) in [6.07, 6.45) is 1.12. The van der Waals surface area contributed by atoms with Crippen LogP contribution in [0.5, 0.6) is 0 Å². The highest BCUT2D eigenvalue weighted by Gasteiger charge is 2.23. The summed E-state index contributed by atoms with van der Waals surface area (Å²) in [4.78, 5) is 5.26. The average Bonchev–Trinajstić information content (AvgIpc) is 2.67. The zero-order chi connectivity index (χ0) is 10.7. The van der Waals surface area contributed by atoms with Crippen molar-refractivity contribution in [1.29, 1.82) is 0 Å². The second-order valence-corrected chi connectivity index (χ2v) is 3.92. The summed E-state index contributed by atoms with van der Waals surface area (Å²) in [5, 5.41) is 13.3. The Balaban J connectivity index is 1.98. The first kappa shape index (κ1) is 10.2. The molecule has 2 atom stereocenters. The van der Waals surface area contributed by atoms with Gasteiger partial charge in [-0.25, -0.2) is 0 Å². The van der Waals surface area contributed by atoms with E-state index >= 15 is 0 Å². The first-order chi connectivity index (χ1) is 7.25. The summed E-state index contributed by atoms with van der Waals surface area (Å²) in [5.74, 6) is 0. The summed E-state index contributed by atoms with van der Waals surface area (Å²) in [7, 11) is 0. The lowest BCUT2D eigenvalue weighted by Crippen LogP contribution is -2.15. The van der Waals surface area contributed by atoms with Gasteiger partial charge in [0.15, 0.2) is 0 Å². The van der Waals surface area contributed by atoms with Crippen molar-refractivity contribution < 1.29 is 9.94 Å². The molecule has 1 heterocycles. The molecular weight excluding hydrogens is 190 g/mol. The van der Waals surface area contributed by atoms with E-state index < -0.39 is 0 Å². The Hall–Kier alpha value is -1.35. The van der Waals surface area contributed by atoms with Gasteiger partial charge in [0, 0.05) is 12.8 Å². The summed E-state index contributed by atoms with van der Waals surface area (Å²) in [6.45, 7) is 1.77. The van der Waals surface area contributed by atoms with Crippen molar-refractivity contribution in [2.24, 2.45) is 5.16 Å². The van der Waals surface area contributed by atoms with Crippen LogP contribution in [0, 0.1) is 0 Å². The predicted molar refractivity (Wildman–Crippen MR) is 58.8 cm³/mol. The van der Waals surface area contributed by atoms with Gasteiger partial charge in [0.25, 0.3) is 0 Å².